The van der Waals surface area contributed by atoms with Gasteiger partial charge < -0.3 is 19.7 Å². The molecule has 4 aromatic rings. The predicted molar refractivity (Wildman–Crippen MR) is 135 cm³/mol. The number of para-hydroxylation sites is 1. The van der Waals surface area contributed by atoms with E-state index in [1.165, 1.54) is 18.2 Å². The average Bonchev–Trinajstić information content (AvgIpc) is 3.56. The van der Waals surface area contributed by atoms with Crippen molar-refractivity contribution >= 4 is 17.1 Å². The number of hydrogen-bond donors (Lipinski definition) is 2. The van der Waals surface area contributed by atoms with Crippen molar-refractivity contribution < 1.29 is 27.8 Å². The van der Waals surface area contributed by atoms with Gasteiger partial charge in [0.1, 0.15) is 11.3 Å². The van der Waals surface area contributed by atoms with Gasteiger partial charge in [-0.25, -0.2) is 14.6 Å². The zero-order valence-electron chi connectivity index (χ0n) is 21.0. The number of amides is 1. The lowest BCUT2D eigenvalue weighted by molar-refractivity contribution is -0.137. The number of ether oxygens (including phenoxy) is 1. The molecule has 1 aromatic carbocycles. The third-order valence-electron chi connectivity index (χ3n) is 7.62. The number of nitrogens with zero attached hydrogens (tertiary/aromatic N) is 5. The molecule has 204 valence electrons. The number of carbonyl (C=O) groups excluding carboxylic acids is 1. The zero-order valence-corrected chi connectivity index (χ0v) is 21.0. The van der Waals surface area contributed by atoms with Crippen LogP contribution in [0.25, 0.3) is 16.9 Å². The fraction of sp³-hybridized carbons (Fsp3) is 0.407. The number of aromatic nitrogens is 5. The number of H-pyrrole nitrogens is 1. The topological polar surface area (TPSA) is 109 Å². The van der Waals surface area contributed by atoms with Crippen molar-refractivity contribution in [3.63, 3.8) is 0 Å². The molecule has 1 amide bonds. The highest BCUT2D eigenvalue weighted by molar-refractivity contribution is 5.95. The highest BCUT2D eigenvalue weighted by Crippen LogP contribution is 2.36. The standard InChI is InChI=1S/C27H27F3N6O3/c28-27(29,30)19-3-1-2-4-20(19)36-15-21(37)23(34-36)26(38)35-11-6-16(7-12-35)18-5-10-31-25-22(18)32-24(33-25)17-8-13-39-14-9-17/h1-5,10,15-17,37H,6-9,11-14H2,(H,31,32,33). The Bertz CT molecular complexity index is 1500. The molecule has 0 aliphatic carbocycles. The van der Waals surface area contributed by atoms with Gasteiger partial charge in [-0.3, -0.25) is 4.79 Å². The van der Waals surface area contributed by atoms with Gasteiger partial charge >= 0.3 is 6.18 Å². The van der Waals surface area contributed by atoms with E-state index in [4.69, 9.17) is 9.72 Å². The summed E-state index contributed by atoms with van der Waals surface area (Å²) in [6, 6.07) is 6.87. The number of rotatable bonds is 4. The molecule has 0 atom stereocenters. The first-order valence-corrected chi connectivity index (χ1v) is 13.0. The van der Waals surface area contributed by atoms with Gasteiger partial charge in [0.25, 0.3) is 5.91 Å². The number of halogens is 3. The van der Waals surface area contributed by atoms with E-state index < -0.39 is 23.4 Å². The van der Waals surface area contributed by atoms with Gasteiger partial charge in [0.15, 0.2) is 17.1 Å². The summed E-state index contributed by atoms with van der Waals surface area (Å²) in [5.41, 5.74) is 1.24. The van der Waals surface area contributed by atoms with Gasteiger partial charge in [-0.1, -0.05) is 12.1 Å². The molecular weight excluding hydrogens is 513 g/mol. The molecule has 2 saturated heterocycles. The Morgan fingerprint density at radius 1 is 1.05 bits per heavy atom. The zero-order chi connectivity index (χ0) is 27.1. The maximum Gasteiger partial charge on any atom is 0.418 e. The lowest BCUT2D eigenvalue weighted by Gasteiger charge is -2.31. The number of benzene rings is 1. The fourth-order valence-electron chi connectivity index (χ4n) is 5.54. The Labute approximate surface area is 221 Å². The number of likely N-dealkylation sites (tertiary alicyclic amines) is 1. The monoisotopic (exact) mass is 540 g/mol. The second kappa shape index (κ2) is 9.99. The summed E-state index contributed by atoms with van der Waals surface area (Å²) >= 11 is 0. The van der Waals surface area contributed by atoms with Crippen LogP contribution in [0.3, 0.4) is 0 Å². The van der Waals surface area contributed by atoms with Gasteiger partial charge in [-0.2, -0.15) is 18.3 Å². The minimum absolute atomic E-state index is 0.162. The van der Waals surface area contributed by atoms with Gasteiger partial charge in [0.05, 0.1) is 17.4 Å². The quantitative estimate of drug-likeness (QED) is 0.386. The van der Waals surface area contributed by atoms with E-state index in [-0.39, 0.29) is 17.3 Å². The normalized spacial score (nSPS) is 17.7. The maximum absolute atomic E-state index is 13.5. The second-order valence-electron chi connectivity index (χ2n) is 9.99. The van der Waals surface area contributed by atoms with Crippen molar-refractivity contribution in [3.05, 3.63) is 65.4 Å². The Morgan fingerprint density at radius 3 is 2.54 bits per heavy atom. The van der Waals surface area contributed by atoms with E-state index in [0.717, 1.165) is 65.6 Å². The molecule has 2 aliphatic heterocycles. The Morgan fingerprint density at radius 2 is 1.79 bits per heavy atom. The highest BCUT2D eigenvalue weighted by atomic mass is 19.4. The molecule has 0 radical (unpaired) electrons. The van der Waals surface area contributed by atoms with Gasteiger partial charge in [-0.15, -0.1) is 0 Å². The number of aromatic amines is 1. The summed E-state index contributed by atoms with van der Waals surface area (Å²) in [7, 11) is 0. The molecule has 6 rings (SSSR count). The molecular formula is C27H27F3N6O3. The highest BCUT2D eigenvalue weighted by Gasteiger charge is 2.35. The van der Waals surface area contributed by atoms with Crippen molar-refractivity contribution in [1.82, 2.24) is 29.6 Å². The number of nitrogens with one attached hydrogen (secondary N) is 1. The van der Waals surface area contributed by atoms with Crippen LogP contribution in [0.2, 0.25) is 0 Å². The second-order valence-corrected chi connectivity index (χ2v) is 9.99. The van der Waals surface area contributed by atoms with E-state index in [1.54, 1.807) is 11.1 Å². The van der Waals surface area contributed by atoms with E-state index >= 15 is 0 Å². The molecule has 0 spiro atoms. The number of pyridine rings is 1. The first kappa shape index (κ1) is 25.4. The smallest absolute Gasteiger partial charge is 0.418 e. The van der Waals surface area contributed by atoms with Crippen molar-refractivity contribution in [2.24, 2.45) is 0 Å². The Balaban J connectivity index is 1.18. The van der Waals surface area contributed by atoms with Gasteiger partial charge in [0.2, 0.25) is 0 Å². The molecule has 2 N–H and O–H groups in total. The summed E-state index contributed by atoms with van der Waals surface area (Å²) in [6.45, 7) is 2.26. The van der Waals surface area contributed by atoms with Crippen LogP contribution in [0.5, 0.6) is 5.75 Å². The van der Waals surface area contributed by atoms with Gasteiger partial charge in [0, 0.05) is 38.4 Å². The summed E-state index contributed by atoms with van der Waals surface area (Å²) in [5.74, 6) is 0.424. The minimum atomic E-state index is -4.61. The van der Waals surface area contributed by atoms with Crippen LogP contribution in [-0.2, 0) is 10.9 Å². The number of imidazole rings is 1. The lowest BCUT2D eigenvalue weighted by Crippen LogP contribution is -2.38. The molecule has 3 aromatic heterocycles. The first-order valence-electron chi connectivity index (χ1n) is 13.0. The summed E-state index contributed by atoms with van der Waals surface area (Å²) in [4.78, 5) is 27.5. The summed E-state index contributed by atoms with van der Waals surface area (Å²) in [5, 5.41) is 14.4. The van der Waals surface area contributed by atoms with Crippen LogP contribution < -0.4 is 0 Å². The Hall–Kier alpha value is -3.93. The van der Waals surface area contributed by atoms with Crippen molar-refractivity contribution in [1.29, 1.82) is 0 Å². The van der Waals surface area contributed by atoms with E-state index in [2.05, 4.69) is 15.1 Å². The van der Waals surface area contributed by atoms with E-state index in [9.17, 15) is 23.1 Å². The Kier molecular flexibility index (Phi) is 6.49. The minimum Gasteiger partial charge on any atom is -0.504 e. The third kappa shape index (κ3) is 4.84. The number of piperidine rings is 1. The third-order valence-corrected chi connectivity index (χ3v) is 7.62. The number of hydrogen-bond acceptors (Lipinski definition) is 6. The van der Waals surface area contributed by atoms with E-state index in [0.29, 0.717) is 31.8 Å². The average molecular weight is 541 g/mol. The number of carbonyl (C=O) groups is 1. The SMILES string of the molecule is O=C(c1nn(-c2ccccc2C(F)(F)F)cc1O)N1CCC(c2ccnc3[nH]c(C4CCOCC4)nc23)CC1. The molecule has 2 fully saturated rings. The predicted octanol–water partition coefficient (Wildman–Crippen LogP) is 4.78. The number of fused-ring (bicyclic) bond motifs is 1. The summed E-state index contributed by atoms with van der Waals surface area (Å²) < 4.78 is 46.8. The van der Waals surface area contributed by atoms with Crippen LogP contribution in [0.4, 0.5) is 13.2 Å². The largest absolute Gasteiger partial charge is 0.504 e. The summed E-state index contributed by atoms with van der Waals surface area (Å²) in [6.07, 6.45) is 1.37. The molecule has 12 heteroatoms. The van der Waals surface area contributed by atoms with Crippen LogP contribution in [-0.4, -0.2) is 66.9 Å². The van der Waals surface area contributed by atoms with E-state index in [1.807, 2.05) is 6.07 Å². The van der Waals surface area contributed by atoms with Crippen LogP contribution in [0.15, 0.2) is 42.7 Å². The molecule has 9 nitrogen and oxygen atoms in total. The van der Waals surface area contributed by atoms with Crippen LogP contribution in [0.1, 0.15) is 65.0 Å². The molecule has 0 saturated carbocycles. The molecule has 39 heavy (non-hydrogen) atoms. The van der Waals surface area contributed by atoms with Crippen LogP contribution >= 0.6 is 0 Å². The fourth-order valence-corrected chi connectivity index (χ4v) is 5.54. The molecule has 5 heterocycles. The molecule has 0 bridgehead atoms. The van der Waals surface area contributed by atoms with Crippen molar-refractivity contribution in [3.8, 4) is 11.4 Å². The van der Waals surface area contributed by atoms with Crippen molar-refractivity contribution in [2.75, 3.05) is 26.3 Å². The lowest BCUT2D eigenvalue weighted by atomic mass is 9.89. The van der Waals surface area contributed by atoms with Gasteiger partial charge in [-0.05, 0) is 55.4 Å². The number of alkyl halides is 3. The van der Waals surface area contributed by atoms with Crippen LogP contribution in [0, 0.1) is 0 Å². The molecule has 2 aliphatic rings. The maximum atomic E-state index is 13.5. The van der Waals surface area contributed by atoms with Crippen molar-refractivity contribution in [2.45, 2.75) is 43.7 Å². The molecule has 0 unspecified atom stereocenters. The first-order chi connectivity index (χ1) is 18.8. The number of aromatic hydroxyl groups is 1.